The van der Waals surface area contributed by atoms with Crippen molar-refractivity contribution in [1.82, 2.24) is 10.2 Å². The number of likely N-dealkylation sites (tertiary alicyclic amines) is 1. The molecule has 0 spiro atoms. The van der Waals surface area contributed by atoms with Gasteiger partial charge in [0.1, 0.15) is 6.04 Å². The molecule has 0 radical (unpaired) electrons. The van der Waals surface area contributed by atoms with E-state index >= 15 is 0 Å². The number of aryl methyl sites for hydroxylation is 1. The zero-order chi connectivity index (χ0) is 33.2. The van der Waals surface area contributed by atoms with Crippen LogP contribution in [0.5, 0.6) is 17.2 Å². The van der Waals surface area contributed by atoms with Crippen LogP contribution < -0.4 is 30.3 Å². The SMILES string of the molecule is COc1cc2c(c(OC)c1OC)-c1ccc(N[C@@H](CC(C)C)C(=O)N3CC[C@]4(O)CCCC[C@H]4C3)c(=O)cc1[C@@H](NC(C)=O)CC2. The molecule has 1 aliphatic heterocycles. The van der Waals surface area contributed by atoms with E-state index in [1.54, 1.807) is 33.5 Å². The number of anilines is 1. The lowest BCUT2D eigenvalue weighted by Gasteiger charge is -2.48. The van der Waals surface area contributed by atoms with Crippen molar-refractivity contribution in [1.29, 1.82) is 0 Å². The second kappa shape index (κ2) is 13.9. The minimum absolute atomic E-state index is 0.0474. The van der Waals surface area contributed by atoms with E-state index in [-0.39, 0.29) is 29.1 Å². The number of rotatable bonds is 9. The first kappa shape index (κ1) is 33.6. The van der Waals surface area contributed by atoms with Gasteiger partial charge in [0.05, 0.1) is 38.7 Å². The largest absolute Gasteiger partial charge is 0.493 e. The van der Waals surface area contributed by atoms with Crippen LogP contribution in [0.4, 0.5) is 5.69 Å². The molecule has 2 aliphatic carbocycles. The number of carbonyl (C=O) groups excluding carboxylic acids is 2. The van der Waals surface area contributed by atoms with Crippen LogP contribution in [0.15, 0.2) is 29.1 Å². The number of carbonyl (C=O) groups is 2. The lowest BCUT2D eigenvalue weighted by molar-refractivity contribution is -0.144. The van der Waals surface area contributed by atoms with E-state index in [4.69, 9.17) is 14.2 Å². The van der Waals surface area contributed by atoms with Crippen molar-refractivity contribution in [3.05, 3.63) is 45.6 Å². The van der Waals surface area contributed by atoms with Crippen LogP contribution in [0.25, 0.3) is 11.1 Å². The fourth-order valence-electron chi connectivity index (χ4n) is 7.70. The predicted molar refractivity (Wildman–Crippen MR) is 178 cm³/mol. The van der Waals surface area contributed by atoms with Gasteiger partial charge in [-0.25, -0.2) is 0 Å². The molecule has 0 bridgehead atoms. The fraction of sp³-hybridized carbons (Fsp3) is 0.583. The highest BCUT2D eigenvalue weighted by Gasteiger charge is 2.44. The summed E-state index contributed by atoms with van der Waals surface area (Å²) in [5.74, 6) is 1.48. The van der Waals surface area contributed by atoms with Crippen molar-refractivity contribution < 1.29 is 28.9 Å². The average Bonchev–Trinajstić information content (AvgIpc) is 3.26. The third-order valence-corrected chi connectivity index (χ3v) is 9.99. The third-order valence-electron chi connectivity index (χ3n) is 9.99. The molecule has 46 heavy (non-hydrogen) atoms. The van der Waals surface area contributed by atoms with E-state index in [1.165, 1.54) is 6.92 Å². The number of aliphatic hydroxyl groups is 1. The number of benzene rings is 1. The van der Waals surface area contributed by atoms with Crippen molar-refractivity contribution in [2.24, 2.45) is 11.8 Å². The molecule has 2 amide bonds. The normalized spacial score (nSPS) is 22.8. The van der Waals surface area contributed by atoms with Crippen molar-refractivity contribution in [3.63, 3.8) is 0 Å². The summed E-state index contributed by atoms with van der Waals surface area (Å²) in [5.41, 5.74) is 2.45. The van der Waals surface area contributed by atoms with Gasteiger partial charge < -0.3 is 34.9 Å². The van der Waals surface area contributed by atoms with Gasteiger partial charge in [0.2, 0.25) is 23.0 Å². The highest BCUT2D eigenvalue weighted by atomic mass is 16.5. The van der Waals surface area contributed by atoms with Crippen LogP contribution in [-0.4, -0.2) is 67.9 Å². The molecule has 2 fully saturated rings. The fourth-order valence-corrected chi connectivity index (χ4v) is 7.70. The topological polar surface area (TPSA) is 126 Å². The van der Waals surface area contributed by atoms with Gasteiger partial charge in [-0.2, -0.15) is 0 Å². The number of amides is 2. The van der Waals surface area contributed by atoms with Crippen LogP contribution in [0.2, 0.25) is 0 Å². The van der Waals surface area contributed by atoms with Gasteiger partial charge in [-0.05, 0) is 79.3 Å². The van der Waals surface area contributed by atoms with E-state index in [9.17, 15) is 19.5 Å². The molecule has 1 saturated heterocycles. The Morgan fingerprint density at radius 2 is 1.80 bits per heavy atom. The smallest absolute Gasteiger partial charge is 0.245 e. The van der Waals surface area contributed by atoms with E-state index < -0.39 is 17.7 Å². The van der Waals surface area contributed by atoms with Crippen LogP contribution in [0.3, 0.4) is 0 Å². The summed E-state index contributed by atoms with van der Waals surface area (Å²) in [4.78, 5) is 42.2. The Morgan fingerprint density at radius 3 is 2.48 bits per heavy atom. The monoisotopic (exact) mass is 635 g/mol. The molecular formula is C36H49N3O7. The highest BCUT2D eigenvalue weighted by Crippen LogP contribution is 2.50. The number of hydrogen-bond acceptors (Lipinski definition) is 8. The molecule has 2 aromatic carbocycles. The Morgan fingerprint density at radius 1 is 1.04 bits per heavy atom. The van der Waals surface area contributed by atoms with Gasteiger partial charge in [0, 0.05) is 31.5 Å². The summed E-state index contributed by atoms with van der Waals surface area (Å²) >= 11 is 0. The molecule has 10 heteroatoms. The van der Waals surface area contributed by atoms with Crippen molar-refractivity contribution in [2.45, 2.75) is 89.8 Å². The first-order valence-electron chi connectivity index (χ1n) is 16.5. The molecule has 5 rings (SSSR count). The number of nitrogens with one attached hydrogen (secondary N) is 2. The minimum Gasteiger partial charge on any atom is -0.493 e. The van der Waals surface area contributed by atoms with Gasteiger partial charge in [-0.15, -0.1) is 0 Å². The number of piperidine rings is 1. The van der Waals surface area contributed by atoms with Crippen LogP contribution in [-0.2, 0) is 16.0 Å². The van der Waals surface area contributed by atoms with E-state index in [0.29, 0.717) is 67.3 Å². The Bertz CT molecular complexity index is 1530. The van der Waals surface area contributed by atoms with Crippen LogP contribution in [0.1, 0.15) is 82.9 Å². The second-order valence-electron chi connectivity index (χ2n) is 13.5. The summed E-state index contributed by atoms with van der Waals surface area (Å²) in [6, 6.07) is 6.06. The molecule has 0 unspecified atom stereocenters. The summed E-state index contributed by atoms with van der Waals surface area (Å²) < 4.78 is 17.2. The van der Waals surface area contributed by atoms with E-state index in [2.05, 4.69) is 24.5 Å². The van der Waals surface area contributed by atoms with E-state index in [0.717, 1.165) is 42.4 Å². The highest BCUT2D eigenvalue weighted by molar-refractivity contribution is 5.86. The molecule has 1 heterocycles. The van der Waals surface area contributed by atoms with Crippen LogP contribution in [0, 0.1) is 11.8 Å². The quantitative estimate of drug-likeness (QED) is 0.357. The molecule has 3 aliphatic rings. The molecule has 250 valence electrons. The van der Waals surface area contributed by atoms with Gasteiger partial charge in [-0.1, -0.05) is 32.8 Å². The van der Waals surface area contributed by atoms with E-state index in [1.807, 2.05) is 17.0 Å². The van der Waals surface area contributed by atoms with Crippen molar-refractivity contribution >= 4 is 17.5 Å². The van der Waals surface area contributed by atoms with Gasteiger partial charge in [-0.3, -0.25) is 14.4 Å². The Balaban J connectivity index is 1.56. The molecule has 10 nitrogen and oxygen atoms in total. The molecular weight excluding hydrogens is 586 g/mol. The maximum Gasteiger partial charge on any atom is 0.245 e. The molecule has 0 aromatic heterocycles. The summed E-state index contributed by atoms with van der Waals surface area (Å²) in [6.07, 6.45) is 6.10. The zero-order valence-corrected chi connectivity index (χ0v) is 28.0. The van der Waals surface area contributed by atoms with Gasteiger partial charge >= 0.3 is 0 Å². The van der Waals surface area contributed by atoms with Gasteiger partial charge in [0.25, 0.3) is 0 Å². The minimum atomic E-state index is -0.683. The predicted octanol–water partition coefficient (Wildman–Crippen LogP) is 4.84. The first-order valence-corrected chi connectivity index (χ1v) is 16.5. The zero-order valence-electron chi connectivity index (χ0n) is 28.0. The maximum absolute atomic E-state index is 14.0. The summed E-state index contributed by atoms with van der Waals surface area (Å²) in [6.45, 7) is 6.63. The Kier molecular flexibility index (Phi) is 10.2. The number of methoxy groups -OCH3 is 3. The maximum atomic E-state index is 14.0. The molecule has 4 atom stereocenters. The Hall–Kier alpha value is -3.79. The number of hydrogen-bond donors (Lipinski definition) is 3. The molecule has 2 aromatic rings. The first-order chi connectivity index (χ1) is 22.0. The van der Waals surface area contributed by atoms with Crippen molar-refractivity contribution in [3.8, 4) is 28.4 Å². The third kappa shape index (κ3) is 6.68. The second-order valence-corrected chi connectivity index (χ2v) is 13.5. The van der Waals surface area contributed by atoms with Crippen LogP contribution >= 0.6 is 0 Å². The average molecular weight is 636 g/mol. The number of nitrogens with zero attached hydrogens (tertiary/aromatic N) is 1. The lowest BCUT2D eigenvalue weighted by Crippen LogP contribution is -2.57. The standard InChI is InChI=1S/C36H49N3O7/c1-21(2)17-29(35(42)39-16-15-36(43)14-8-7-9-24(36)20-39)38-28-13-11-25-26(19-30(28)41)27(37-22(3)40)12-10-23-18-31(44-4)33(45-5)34(46-6)32(23)25/h11,13,18-19,21,24,27,29,43H,7-10,12,14-17,20H2,1-6H3,(H,37,40)(H,38,41)/t24-,27-,29-,36+/m0/s1. The summed E-state index contributed by atoms with van der Waals surface area (Å²) in [7, 11) is 4.69. The van der Waals surface area contributed by atoms with Gasteiger partial charge in [0.15, 0.2) is 11.5 Å². The number of ether oxygens (including phenoxy) is 3. The summed E-state index contributed by atoms with van der Waals surface area (Å²) in [5, 5.41) is 17.6. The van der Waals surface area contributed by atoms with Crippen molar-refractivity contribution in [2.75, 3.05) is 39.7 Å². The molecule has 3 N–H and O–H groups in total. The Labute approximate surface area is 271 Å². The molecule has 1 saturated carbocycles. The lowest BCUT2D eigenvalue weighted by atomic mass is 9.71. The number of fused-ring (bicyclic) bond motifs is 4.